The number of alkyl halides is 3. The van der Waals surface area contributed by atoms with Crippen LogP contribution in [0.2, 0.25) is 0 Å². The van der Waals surface area contributed by atoms with Gasteiger partial charge in [0.25, 0.3) is 0 Å². The highest BCUT2D eigenvalue weighted by molar-refractivity contribution is 5.99. The van der Waals surface area contributed by atoms with Crippen molar-refractivity contribution in [2.75, 3.05) is 0 Å². The standard InChI is InChI=1S/C19H26O.C2HF3O2/c1-3-5-7-9-11-12-14-16-18-19(20)17-15-13-10-8-6-4-2;3-2(4,5)1(6)7/h4,6,8,10,12-18H,2-3,5,7,9,11H2,1H3;(H,6,7). The minimum Gasteiger partial charge on any atom is -0.475 e. The molecule has 0 aromatic rings. The Morgan fingerprint density at radius 3 is 1.93 bits per heavy atom. The molecule has 0 aliphatic carbocycles. The van der Waals surface area contributed by atoms with Crippen LogP contribution in [-0.2, 0) is 9.59 Å². The van der Waals surface area contributed by atoms with Gasteiger partial charge in [-0.3, -0.25) is 4.79 Å². The summed E-state index contributed by atoms with van der Waals surface area (Å²) in [6.07, 6.45) is 20.9. The van der Waals surface area contributed by atoms with Gasteiger partial charge < -0.3 is 5.11 Å². The van der Waals surface area contributed by atoms with Gasteiger partial charge in [0.1, 0.15) is 0 Å². The first-order valence-corrected chi connectivity index (χ1v) is 8.55. The van der Waals surface area contributed by atoms with Gasteiger partial charge in [-0.1, -0.05) is 87.4 Å². The van der Waals surface area contributed by atoms with E-state index in [1.54, 1.807) is 30.4 Å². The molecule has 150 valence electrons. The van der Waals surface area contributed by atoms with Crippen molar-refractivity contribution in [3.63, 3.8) is 0 Å². The van der Waals surface area contributed by atoms with Crippen LogP contribution >= 0.6 is 0 Å². The molecule has 0 spiro atoms. The number of hydrogen-bond donors (Lipinski definition) is 1. The molecule has 0 saturated carbocycles. The summed E-state index contributed by atoms with van der Waals surface area (Å²) >= 11 is 0. The zero-order chi connectivity index (χ0) is 21.0. The molecule has 0 saturated heterocycles. The molecule has 0 radical (unpaired) electrons. The highest BCUT2D eigenvalue weighted by Crippen LogP contribution is 2.13. The normalized spacial score (nSPS) is 12.3. The largest absolute Gasteiger partial charge is 0.490 e. The van der Waals surface area contributed by atoms with Gasteiger partial charge in [-0.15, -0.1) is 0 Å². The molecule has 0 heterocycles. The molecule has 0 unspecified atom stereocenters. The zero-order valence-corrected chi connectivity index (χ0v) is 15.5. The van der Waals surface area contributed by atoms with E-state index in [9.17, 15) is 18.0 Å². The van der Waals surface area contributed by atoms with E-state index in [2.05, 4.69) is 19.6 Å². The Kier molecular flexibility index (Phi) is 17.9. The molecule has 0 amide bonds. The number of carbonyl (C=O) groups excluding carboxylic acids is 1. The first kappa shape index (κ1) is 26.6. The number of rotatable bonds is 11. The van der Waals surface area contributed by atoms with Crippen LogP contribution in [0.25, 0.3) is 0 Å². The van der Waals surface area contributed by atoms with Gasteiger partial charge >= 0.3 is 12.1 Å². The monoisotopic (exact) mass is 384 g/mol. The molecule has 1 N–H and O–H groups in total. The Morgan fingerprint density at radius 2 is 1.41 bits per heavy atom. The topological polar surface area (TPSA) is 54.4 Å². The molecule has 0 aliphatic rings. The van der Waals surface area contributed by atoms with Crippen LogP contribution < -0.4 is 0 Å². The lowest BCUT2D eigenvalue weighted by Gasteiger charge is -1.93. The van der Waals surface area contributed by atoms with Crippen molar-refractivity contribution >= 4 is 11.8 Å². The molecule has 0 rings (SSSR count). The number of carboxylic acid groups (broad SMARTS) is 1. The van der Waals surface area contributed by atoms with Gasteiger partial charge in [-0.25, -0.2) is 4.79 Å². The average Bonchev–Trinajstić information content (AvgIpc) is 2.60. The van der Waals surface area contributed by atoms with Gasteiger partial charge in [0.15, 0.2) is 5.78 Å². The van der Waals surface area contributed by atoms with Crippen LogP contribution in [0, 0.1) is 0 Å². The van der Waals surface area contributed by atoms with Crippen LogP contribution in [-0.4, -0.2) is 23.0 Å². The fourth-order valence-electron chi connectivity index (χ4n) is 1.49. The molecule has 27 heavy (non-hydrogen) atoms. The van der Waals surface area contributed by atoms with Crippen molar-refractivity contribution in [2.24, 2.45) is 0 Å². The van der Waals surface area contributed by atoms with Crippen LogP contribution in [0.15, 0.2) is 73.4 Å². The summed E-state index contributed by atoms with van der Waals surface area (Å²) in [5, 5.41) is 7.12. The Balaban J connectivity index is 0. The van der Waals surface area contributed by atoms with E-state index in [0.717, 1.165) is 6.42 Å². The third kappa shape index (κ3) is 23.4. The van der Waals surface area contributed by atoms with Gasteiger partial charge in [0, 0.05) is 0 Å². The highest BCUT2D eigenvalue weighted by Gasteiger charge is 2.38. The number of aliphatic carboxylic acids is 1. The summed E-state index contributed by atoms with van der Waals surface area (Å²) in [6.45, 7) is 5.78. The number of hydrogen-bond acceptors (Lipinski definition) is 2. The van der Waals surface area contributed by atoms with E-state index in [1.807, 2.05) is 30.4 Å². The highest BCUT2D eigenvalue weighted by atomic mass is 19.4. The van der Waals surface area contributed by atoms with Crippen molar-refractivity contribution in [1.82, 2.24) is 0 Å². The van der Waals surface area contributed by atoms with Gasteiger partial charge in [-0.05, 0) is 25.0 Å². The number of ketones is 1. The molecule has 0 aliphatic heterocycles. The van der Waals surface area contributed by atoms with Crippen molar-refractivity contribution in [3.8, 4) is 0 Å². The number of carboxylic acids is 1. The molecule has 0 aromatic carbocycles. The second-order valence-electron chi connectivity index (χ2n) is 5.21. The predicted octanol–water partition coefficient (Wildman–Crippen LogP) is 6.13. The Labute approximate surface area is 159 Å². The fraction of sp³-hybridized carbons (Fsp3) is 0.333. The fourth-order valence-corrected chi connectivity index (χ4v) is 1.49. The minimum atomic E-state index is -5.08. The summed E-state index contributed by atoms with van der Waals surface area (Å²) in [5.41, 5.74) is 0. The number of carbonyl (C=O) groups is 2. The lowest BCUT2D eigenvalue weighted by Crippen LogP contribution is -2.21. The lowest BCUT2D eigenvalue weighted by molar-refractivity contribution is -0.192. The third-order valence-corrected chi connectivity index (χ3v) is 2.82. The lowest BCUT2D eigenvalue weighted by atomic mass is 10.1. The first-order chi connectivity index (χ1) is 12.8. The van der Waals surface area contributed by atoms with E-state index in [0.29, 0.717) is 0 Å². The zero-order valence-electron chi connectivity index (χ0n) is 15.5. The quantitative estimate of drug-likeness (QED) is 0.265. The molecular formula is C21H27F3O3. The van der Waals surface area contributed by atoms with Crippen molar-refractivity contribution in [1.29, 1.82) is 0 Å². The van der Waals surface area contributed by atoms with E-state index in [1.165, 1.54) is 25.7 Å². The maximum Gasteiger partial charge on any atom is 0.490 e. The molecule has 0 fully saturated rings. The second kappa shape index (κ2) is 18.2. The third-order valence-electron chi connectivity index (χ3n) is 2.82. The van der Waals surface area contributed by atoms with Gasteiger partial charge in [0.2, 0.25) is 0 Å². The molecule has 0 bridgehead atoms. The maximum absolute atomic E-state index is 11.4. The molecule has 0 atom stereocenters. The van der Waals surface area contributed by atoms with Crippen LogP contribution in [0.4, 0.5) is 13.2 Å². The predicted molar refractivity (Wildman–Crippen MR) is 103 cm³/mol. The van der Waals surface area contributed by atoms with E-state index >= 15 is 0 Å². The van der Waals surface area contributed by atoms with E-state index in [4.69, 9.17) is 9.90 Å². The maximum atomic E-state index is 11.4. The van der Waals surface area contributed by atoms with Crippen molar-refractivity contribution < 1.29 is 27.9 Å². The molecular weight excluding hydrogens is 357 g/mol. The van der Waals surface area contributed by atoms with Gasteiger partial charge in [0.05, 0.1) is 0 Å². The minimum absolute atomic E-state index is 0.00187. The summed E-state index contributed by atoms with van der Waals surface area (Å²) in [7, 11) is 0. The summed E-state index contributed by atoms with van der Waals surface area (Å²) < 4.78 is 31.7. The number of unbranched alkanes of at least 4 members (excludes halogenated alkanes) is 4. The summed E-state index contributed by atoms with van der Waals surface area (Å²) in [5.74, 6) is -2.76. The Morgan fingerprint density at radius 1 is 0.889 bits per heavy atom. The number of allylic oxidation sites excluding steroid dienone is 11. The summed E-state index contributed by atoms with van der Waals surface area (Å²) in [4.78, 5) is 20.3. The molecule has 6 heteroatoms. The average molecular weight is 384 g/mol. The smallest absolute Gasteiger partial charge is 0.475 e. The van der Waals surface area contributed by atoms with E-state index < -0.39 is 12.1 Å². The Bertz CT molecular complexity index is 566. The van der Waals surface area contributed by atoms with Crippen LogP contribution in [0.1, 0.15) is 39.0 Å². The van der Waals surface area contributed by atoms with Crippen LogP contribution in [0.3, 0.4) is 0 Å². The van der Waals surface area contributed by atoms with Crippen molar-refractivity contribution in [3.05, 3.63) is 73.4 Å². The van der Waals surface area contributed by atoms with Crippen LogP contribution in [0.5, 0.6) is 0 Å². The SMILES string of the molecule is C=CC=CC=CC=CC(=O)C=CC=CCCCCCC.O=C(O)C(F)(F)F. The number of halogens is 3. The summed E-state index contributed by atoms with van der Waals surface area (Å²) in [6, 6.07) is 0. The van der Waals surface area contributed by atoms with Gasteiger partial charge in [-0.2, -0.15) is 13.2 Å². The first-order valence-electron chi connectivity index (χ1n) is 8.55. The second-order valence-corrected chi connectivity index (χ2v) is 5.21. The molecule has 0 aromatic heterocycles. The molecule has 3 nitrogen and oxygen atoms in total. The van der Waals surface area contributed by atoms with E-state index in [-0.39, 0.29) is 5.78 Å². The Hall–Kier alpha value is -2.63. The van der Waals surface area contributed by atoms with Crippen molar-refractivity contribution in [2.45, 2.75) is 45.2 Å².